The molecule has 0 aromatic rings. The molecule has 10 atom stereocenters. The van der Waals surface area contributed by atoms with Crippen LogP contribution in [0.15, 0.2) is 0 Å². The van der Waals surface area contributed by atoms with Crippen LogP contribution in [0.3, 0.4) is 0 Å². The normalized spacial score (nSPS) is 24.6. The van der Waals surface area contributed by atoms with Crippen molar-refractivity contribution in [1.82, 2.24) is 26.6 Å². The number of aliphatic hydroxyl groups excluding tert-OH is 1. The molecule has 5 amide bonds. The molecule has 3 saturated carbocycles. The van der Waals surface area contributed by atoms with Gasteiger partial charge in [0.05, 0.1) is 23.8 Å². The smallest absolute Gasteiger partial charge is 0.404 e. The molecule has 12 N–H and O–H groups in total. The first-order valence-electron chi connectivity index (χ1n) is 22.7. The molecule has 17 heteroatoms. The number of aliphatic hydroxyl groups is 1. The van der Waals surface area contributed by atoms with Gasteiger partial charge in [0.15, 0.2) is 6.17 Å². The minimum Gasteiger partial charge on any atom is -0.404 e. The Hall–Kier alpha value is -2.83. The highest BCUT2D eigenvalue weighted by molar-refractivity contribution is 6.47. The summed E-state index contributed by atoms with van der Waals surface area (Å²) in [4.78, 5) is 66.7. The van der Waals surface area contributed by atoms with Crippen LogP contribution in [-0.2, 0) is 33.3 Å². The molecule has 1 heterocycles. The summed E-state index contributed by atoms with van der Waals surface area (Å²) >= 11 is 0. The third kappa shape index (κ3) is 14.7. The summed E-state index contributed by atoms with van der Waals surface area (Å²) in [6, 6.07) is -3.46. The van der Waals surface area contributed by atoms with E-state index in [0.717, 1.165) is 32.1 Å². The second-order valence-corrected chi connectivity index (χ2v) is 18.2. The van der Waals surface area contributed by atoms with Crippen molar-refractivity contribution in [1.29, 1.82) is 0 Å². The molecule has 338 valence electrons. The summed E-state index contributed by atoms with van der Waals surface area (Å²) in [6.45, 7) is 12.8. The van der Waals surface area contributed by atoms with Gasteiger partial charge in [0.1, 0.15) is 18.1 Å². The average molecular weight is 835 g/mol. The lowest BCUT2D eigenvalue weighted by Crippen LogP contribution is -2.65. The maximum absolute atomic E-state index is 13.6. The van der Waals surface area contributed by atoms with Crippen LogP contribution in [0.25, 0.3) is 0 Å². The molecule has 1 aliphatic heterocycles. The molecule has 1 saturated heterocycles. The zero-order valence-electron chi connectivity index (χ0n) is 37.0. The van der Waals surface area contributed by atoms with E-state index in [1.165, 1.54) is 39.0 Å². The summed E-state index contributed by atoms with van der Waals surface area (Å²) in [5.74, 6) is -2.74. The van der Waals surface area contributed by atoms with Gasteiger partial charge in [-0.1, -0.05) is 72.1 Å². The minimum absolute atomic E-state index is 0.0595. The first-order valence-corrected chi connectivity index (χ1v) is 22.7. The standard InChI is InChI=1S/C42H79BN8O8/c1-7-8-9-10-11-12-13-14-15-22-34(53)48-30(20-16-18-23-44)38(55)50-35(27(2)52)39(56)51-36(46)40(57)49-31(21-17-19-24-45)37(54)47-28(3)43-58-33-26-29-25-32(41(29,4)5)42(33,6)59-43/h27-33,35-36,52H,7-26,44-46H2,1-6H3,(H,47,54)(H,48,53)(H,49,57)(H,50,55)(H,51,56)/t27?,28-,29-,30-,31-,32-,33?,35-,36+,42-/m0/s1. The van der Waals surface area contributed by atoms with Crippen molar-refractivity contribution in [2.45, 2.75) is 205 Å². The maximum Gasteiger partial charge on any atom is 0.481 e. The number of hydrogen-bond acceptors (Lipinski definition) is 11. The lowest BCUT2D eigenvalue weighted by molar-refractivity contribution is -0.199. The van der Waals surface area contributed by atoms with Crippen molar-refractivity contribution in [3.63, 3.8) is 0 Å². The Morgan fingerprint density at radius 2 is 1.27 bits per heavy atom. The monoisotopic (exact) mass is 835 g/mol. The topological polar surface area (TPSA) is 262 Å². The number of rotatable bonds is 29. The Labute approximate surface area is 353 Å². The highest BCUT2D eigenvalue weighted by Crippen LogP contribution is 2.65. The van der Waals surface area contributed by atoms with Gasteiger partial charge in [-0.25, -0.2) is 0 Å². The van der Waals surface area contributed by atoms with Crippen LogP contribution in [0, 0.1) is 17.3 Å². The lowest BCUT2D eigenvalue weighted by atomic mass is 9.43. The van der Waals surface area contributed by atoms with Crippen LogP contribution >= 0.6 is 0 Å². The predicted molar refractivity (Wildman–Crippen MR) is 229 cm³/mol. The summed E-state index contributed by atoms with van der Waals surface area (Å²) in [5.41, 5.74) is 17.2. The molecule has 4 rings (SSSR count). The average Bonchev–Trinajstić information content (AvgIpc) is 3.55. The van der Waals surface area contributed by atoms with Crippen LogP contribution in [0.2, 0.25) is 0 Å². The number of nitrogens with one attached hydrogen (secondary N) is 5. The summed E-state index contributed by atoms with van der Waals surface area (Å²) < 4.78 is 12.9. The van der Waals surface area contributed by atoms with Crippen LogP contribution in [0.5, 0.6) is 0 Å². The quantitative estimate of drug-likeness (QED) is 0.0300. The van der Waals surface area contributed by atoms with E-state index in [1.54, 1.807) is 6.92 Å². The van der Waals surface area contributed by atoms with Gasteiger partial charge < -0.3 is 58.2 Å². The molecule has 0 aromatic heterocycles. The zero-order valence-corrected chi connectivity index (χ0v) is 37.0. The molecule has 16 nitrogen and oxygen atoms in total. The fourth-order valence-electron chi connectivity index (χ4n) is 9.12. The molecule has 0 spiro atoms. The van der Waals surface area contributed by atoms with E-state index in [2.05, 4.69) is 54.3 Å². The number of amides is 5. The lowest BCUT2D eigenvalue weighted by Gasteiger charge is -2.64. The number of unbranched alkanes of at least 4 members (excludes halogenated alkanes) is 10. The number of hydrogen-bond donors (Lipinski definition) is 9. The van der Waals surface area contributed by atoms with Gasteiger partial charge >= 0.3 is 7.12 Å². The van der Waals surface area contributed by atoms with Crippen LogP contribution in [-0.4, -0.2) is 103 Å². The zero-order chi connectivity index (χ0) is 43.8. The second-order valence-electron chi connectivity index (χ2n) is 18.2. The Morgan fingerprint density at radius 1 is 0.712 bits per heavy atom. The fraction of sp³-hybridized carbons (Fsp3) is 0.881. The van der Waals surface area contributed by atoms with Gasteiger partial charge in [0.2, 0.25) is 23.6 Å². The summed E-state index contributed by atoms with van der Waals surface area (Å²) in [6.07, 6.45) is 12.1. The van der Waals surface area contributed by atoms with Crippen molar-refractivity contribution in [3.05, 3.63) is 0 Å². The van der Waals surface area contributed by atoms with E-state index in [4.69, 9.17) is 26.5 Å². The van der Waals surface area contributed by atoms with Crippen molar-refractivity contribution in [2.75, 3.05) is 13.1 Å². The molecular weight excluding hydrogens is 755 g/mol. The first-order chi connectivity index (χ1) is 28.0. The molecule has 4 aliphatic rings. The van der Waals surface area contributed by atoms with E-state index < -0.39 is 72.7 Å². The molecule has 3 aliphatic carbocycles. The third-order valence-corrected chi connectivity index (χ3v) is 13.1. The number of carbonyl (C=O) groups excluding carboxylic acids is 5. The van der Waals surface area contributed by atoms with Crippen molar-refractivity contribution in [3.8, 4) is 0 Å². The molecule has 0 radical (unpaired) electrons. The molecule has 4 fully saturated rings. The van der Waals surface area contributed by atoms with Crippen molar-refractivity contribution in [2.24, 2.45) is 34.5 Å². The van der Waals surface area contributed by atoms with Gasteiger partial charge in [-0.2, -0.15) is 0 Å². The number of carbonyl (C=O) groups is 5. The van der Waals surface area contributed by atoms with Gasteiger partial charge in [-0.3, -0.25) is 24.0 Å². The highest BCUT2D eigenvalue weighted by Gasteiger charge is 2.68. The molecule has 2 bridgehead atoms. The van der Waals surface area contributed by atoms with E-state index in [-0.39, 0.29) is 36.7 Å². The molecular formula is C42H79BN8O8. The number of nitrogens with two attached hydrogens (primary N) is 3. The predicted octanol–water partition coefficient (Wildman–Crippen LogP) is 2.17. The Kier molecular flexibility index (Phi) is 21.0. The Balaban J connectivity index is 1.54. The maximum atomic E-state index is 13.6. The van der Waals surface area contributed by atoms with E-state index in [9.17, 15) is 29.1 Å². The Morgan fingerprint density at radius 3 is 1.83 bits per heavy atom. The van der Waals surface area contributed by atoms with Crippen LogP contribution < -0.4 is 43.8 Å². The highest BCUT2D eigenvalue weighted by atomic mass is 16.7. The largest absolute Gasteiger partial charge is 0.481 e. The summed E-state index contributed by atoms with van der Waals surface area (Å²) in [5, 5.41) is 23.8. The minimum atomic E-state index is -1.63. The van der Waals surface area contributed by atoms with Crippen molar-refractivity contribution >= 4 is 36.7 Å². The molecule has 59 heavy (non-hydrogen) atoms. The molecule has 0 aromatic carbocycles. The first kappa shape index (κ1) is 50.5. The van der Waals surface area contributed by atoms with Crippen LogP contribution in [0.1, 0.15) is 157 Å². The fourth-order valence-corrected chi connectivity index (χ4v) is 9.12. The van der Waals surface area contributed by atoms with E-state index >= 15 is 0 Å². The summed E-state index contributed by atoms with van der Waals surface area (Å²) in [7, 11) is -0.660. The molecule has 2 unspecified atom stereocenters. The second kappa shape index (κ2) is 24.6. The Bertz CT molecular complexity index is 1360. The SMILES string of the molecule is CCCCCCCCCCCC(=O)N[C@@H](CCCCN)C(=O)N[C@H](C(=O)N[C@@H](N)C(=O)N[C@@H](CCCCN)C(=O)N[C@@H](C)B1OC2C[C@@H]3C[C@@H](C3(C)C)[C@]2(C)O1)C(C)O. The van der Waals surface area contributed by atoms with E-state index in [1.807, 2.05) is 0 Å². The van der Waals surface area contributed by atoms with Gasteiger partial charge in [-0.15, -0.1) is 0 Å². The van der Waals surface area contributed by atoms with E-state index in [0.29, 0.717) is 57.0 Å². The van der Waals surface area contributed by atoms with Crippen LogP contribution in [0.4, 0.5) is 0 Å². The van der Waals surface area contributed by atoms with Crippen molar-refractivity contribution < 1.29 is 38.4 Å². The van der Waals surface area contributed by atoms with Gasteiger partial charge in [0.25, 0.3) is 5.91 Å². The third-order valence-electron chi connectivity index (χ3n) is 13.1. The van der Waals surface area contributed by atoms with Gasteiger partial charge in [0, 0.05) is 6.42 Å². The van der Waals surface area contributed by atoms with Gasteiger partial charge in [-0.05, 0) is 109 Å².